The zero-order valence-electron chi connectivity index (χ0n) is 12.3. The van der Waals surface area contributed by atoms with Gasteiger partial charge in [0.1, 0.15) is 0 Å². The molecule has 1 aliphatic rings. The number of H-pyrrole nitrogens is 1. The Balaban J connectivity index is 1.77. The van der Waals surface area contributed by atoms with Gasteiger partial charge in [0.15, 0.2) is 0 Å². The molecule has 112 valence electrons. The molecule has 1 N–H and O–H groups in total. The second kappa shape index (κ2) is 5.99. The van der Waals surface area contributed by atoms with E-state index < -0.39 is 0 Å². The SMILES string of the molecule is Cc1ccc(CC(=O)N2CCOCC2c2[nH]ncc2C)s1. The molecule has 1 amide bonds. The first-order valence-corrected chi connectivity index (χ1v) is 7.89. The maximum absolute atomic E-state index is 12.6. The normalized spacial score (nSPS) is 19.0. The minimum absolute atomic E-state index is 0.0604. The van der Waals surface area contributed by atoms with Crippen LogP contribution in [0.15, 0.2) is 18.3 Å². The van der Waals surface area contributed by atoms with Crippen LogP contribution in [0.5, 0.6) is 0 Å². The highest BCUT2D eigenvalue weighted by Crippen LogP contribution is 2.26. The van der Waals surface area contributed by atoms with E-state index in [1.165, 1.54) is 4.88 Å². The van der Waals surface area contributed by atoms with Crippen molar-refractivity contribution in [1.29, 1.82) is 0 Å². The maximum atomic E-state index is 12.6. The van der Waals surface area contributed by atoms with Crippen LogP contribution in [0.4, 0.5) is 0 Å². The standard InChI is InChI=1S/C15H19N3O2S/c1-10-8-16-17-15(10)13-9-20-6-5-18(13)14(19)7-12-4-3-11(2)21-12/h3-4,8,13H,5-7,9H2,1-2H3,(H,16,17). The number of nitrogens with zero attached hydrogens (tertiary/aromatic N) is 2. The van der Waals surface area contributed by atoms with Gasteiger partial charge in [0.2, 0.25) is 5.91 Å². The average Bonchev–Trinajstić information content (AvgIpc) is 3.07. The number of aromatic amines is 1. The first kappa shape index (κ1) is 14.3. The Kier molecular flexibility index (Phi) is 4.07. The molecule has 1 fully saturated rings. The Bertz CT molecular complexity index is 634. The Morgan fingerprint density at radius 2 is 2.38 bits per heavy atom. The Labute approximate surface area is 127 Å². The van der Waals surface area contributed by atoms with E-state index in [0.717, 1.165) is 16.1 Å². The van der Waals surface area contributed by atoms with E-state index in [4.69, 9.17) is 4.74 Å². The number of hydrogen-bond donors (Lipinski definition) is 1. The predicted octanol–water partition coefficient (Wildman–Crippen LogP) is 2.23. The maximum Gasteiger partial charge on any atom is 0.228 e. The van der Waals surface area contributed by atoms with Gasteiger partial charge in [0.05, 0.1) is 37.6 Å². The third kappa shape index (κ3) is 3.01. The van der Waals surface area contributed by atoms with Crippen molar-refractivity contribution in [2.75, 3.05) is 19.8 Å². The molecule has 0 bridgehead atoms. The minimum atomic E-state index is -0.0604. The molecule has 0 aromatic carbocycles. The number of nitrogens with one attached hydrogen (secondary N) is 1. The highest BCUT2D eigenvalue weighted by atomic mass is 32.1. The summed E-state index contributed by atoms with van der Waals surface area (Å²) in [6.45, 7) is 5.81. The van der Waals surface area contributed by atoms with Crippen molar-refractivity contribution in [2.24, 2.45) is 0 Å². The first-order chi connectivity index (χ1) is 10.1. The van der Waals surface area contributed by atoms with E-state index in [1.807, 2.05) is 17.9 Å². The molecule has 0 radical (unpaired) electrons. The summed E-state index contributed by atoms with van der Waals surface area (Å²) in [6.07, 6.45) is 2.25. The Hall–Kier alpha value is -1.66. The lowest BCUT2D eigenvalue weighted by Crippen LogP contribution is -2.44. The molecule has 2 aromatic heterocycles. The molecule has 1 atom stereocenters. The Morgan fingerprint density at radius 1 is 1.52 bits per heavy atom. The summed E-state index contributed by atoms with van der Waals surface area (Å²) in [5.41, 5.74) is 2.04. The van der Waals surface area contributed by atoms with Gasteiger partial charge in [-0.1, -0.05) is 0 Å². The lowest BCUT2D eigenvalue weighted by atomic mass is 10.1. The quantitative estimate of drug-likeness (QED) is 0.946. The molecule has 0 spiro atoms. The van der Waals surface area contributed by atoms with Crippen LogP contribution in [0.3, 0.4) is 0 Å². The van der Waals surface area contributed by atoms with Crippen LogP contribution >= 0.6 is 11.3 Å². The van der Waals surface area contributed by atoms with Gasteiger partial charge in [-0.15, -0.1) is 11.3 Å². The molecule has 1 unspecified atom stereocenters. The van der Waals surface area contributed by atoms with Gasteiger partial charge in [-0.2, -0.15) is 5.10 Å². The molecule has 5 nitrogen and oxygen atoms in total. The van der Waals surface area contributed by atoms with Crippen molar-refractivity contribution in [3.05, 3.63) is 39.3 Å². The Morgan fingerprint density at radius 3 is 3.05 bits per heavy atom. The summed E-state index contributed by atoms with van der Waals surface area (Å²) >= 11 is 1.68. The van der Waals surface area contributed by atoms with Crippen molar-refractivity contribution in [1.82, 2.24) is 15.1 Å². The van der Waals surface area contributed by atoms with E-state index in [9.17, 15) is 4.79 Å². The number of rotatable bonds is 3. The zero-order valence-corrected chi connectivity index (χ0v) is 13.1. The number of aryl methyl sites for hydroxylation is 2. The minimum Gasteiger partial charge on any atom is -0.377 e. The molecule has 2 aromatic rings. The fraction of sp³-hybridized carbons (Fsp3) is 0.467. The number of thiophene rings is 1. The lowest BCUT2D eigenvalue weighted by Gasteiger charge is -2.35. The fourth-order valence-electron chi connectivity index (χ4n) is 2.67. The topological polar surface area (TPSA) is 58.2 Å². The van der Waals surface area contributed by atoms with Gasteiger partial charge >= 0.3 is 0 Å². The molecule has 0 saturated carbocycles. The third-order valence-corrected chi connectivity index (χ3v) is 4.77. The van der Waals surface area contributed by atoms with Gasteiger partial charge in [-0.05, 0) is 31.5 Å². The van der Waals surface area contributed by atoms with Crippen molar-refractivity contribution in [3.63, 3.8) is 0 Å². The first-order valence-electron chi connectivity index (χ1n) is 7.07. The largest absolute Gasteiger partial charge is 0.377 e. The third-order valence-electron chi connectivity index (χ3n) is 3.77. The number of amides is 1. The van der Waals surface area contributed by atoms with Crippen molar-refractivity contribution >= 4 is 17.2 Å². The van der Waals surface area contributed by atoms with Gasteiger partial charge in [0, 0.05) is 16.3 Å². The van der Waals surface area contributed by atoms with Crippen molar-refractivity contribution < 1.29 is 9.53 Å². The molecule has 1 saturated heterocycles. The summed E-state index contributed by atoms with van der Waals surface area (Å²) in [4.78, 5) is 16.9. The lowest BCUT2D eigenvalue weighted by molar-refractivity contribution is -0.139. The zero-order chi connectivity index (χ0) is 14.8. The fourth-order valence-corrected chi connectivity index (χ4v) is 3.55. The van der Waals surface area contributed by atoms with Gasteiger partial charge < -0.3 is 9.64 Å². The summed E-state index contributed by atoms with van der Waals surface area (Å²) in [7, 11) is 0. The number of morpholine rings is 1. The molecule has 0 aliphatic carbocycles. The summed E-state index contributed by atoms with van der Waals surface area (Å²) in [5, 5.41) is 7.07. The van der Waals surface area contributed by atoms with E-state index in [0.29, 0.717) is 26.2 Å². The second-order valence-corrected chi connectivity index (χ2v) is 6.71. The van der Waals surface area contributed by atoms with E-state index in [1.54, 1.807) is 17.5 Å². The van der Waals surface area contributed by atoms with Crippen LogP contribution in [0, 0.1) is 13.8 Å². The van der Waals surface area contributed by atoms with E-state index in [2.05, 4.69) is 23.2 Å². The molecule has 21 heavy (non-hydrogen) atoms. The van der Waals surface area contributed by atoms with Gasteiger partial charge in [-0.3, -0.25) is 9.89 Å². The number of aromatic nitrogens is 2. The van der Waals surface area contributed by atoms with Crippen LogP contribution in [-0.4, -0.2) is 40.8 Å². The van der Waals surface area contributed by atoms with Gasteiger partial charge in [-0.25, -0.2) is 0 Å². The van der Waals surface area contributed by atoms with Crippen LogP contribution in [0.1, 0.15) is 27.1 Å². The molecular weight excluding hydrogens is 286 g/mol. The predicted molar refractivity (Wildman–Crippen MR) is 81.4 cm³/mol. The molecule has 3 rings (SSSR count). The molecule has 6 heteroatoms. The number of hydrogen-bond acceptors (Lipinski definition) is 4. The van der Waals surface area contributed by atoms with Crippen LogP contribution < -0.4 is 0 Å². The average molecular weight is 305 g/mol. The van der Waals surface area contributed by atoms with Crippen molar-refractivity contribution in [2.45, 2.75) is 26.3 Å². The number of ether oxygens (including phenoxy) is 1. The molecule has 3 heterocycles. The highest BCUT2D eigenvalue weighted by Gasteiger charge is 2.30. The monoisotopic (exact) mass is 305 g/mol. The van der Waals surface area contributed by atoms with Crippen LogP contribution in [0.2, 0.25) is 0 Å². The highest BCUT2D eigenvalue weighted by molar-refractivity contribution is 7.12. The van der Waals surface area contributed by atoms with E-state index >= 15 is 0 Å². The van der Waals surface area contributed by atoms with Crippen LogP contribution in [0.25, 0.3) is 0 Å². The van der Waals surface area contributed by atoms with E-state index in [-0.39, 0.29) is 11.9 Å². The molecular formula is C15H19N3O2S. The number of carbonyl (C=O) groups excluding carboxylic acids is 1. The smallest absolute Gasteiger partial charge is 0.228 e. The van der Waals surface area contributed by atoms with Crippen LogP contribution in [-0.2, 0) is 16.0 Å². The summed E-state index contributed by atoms with van der Waals surface area (Å²) < 4.78 is 5.56. The summed E-state index contributed by atoms with van der Waals surface area (Å²) in [5.74, 6) is 0.152. The molecule has 1 aliphatic heterocycles. The van der Waals surface area contributed by atoms with Crippen molar-refractivity contribution in [3.8, 4) is 0 Å². The summed E-state index contributed by atoms with van der Waals surface area (Å²) in [6, 6.07) is 4.03. The second-order valence-electron chi connectivity index (χ2n) is 5.33. The van der Waals surface area contributed by atoms with Gasteiger partial charge in [0.25, 0.3) is 0 Å². The number of carbonyl (C=O) groups is 1.